The lowest BCUT2D eigenvalue weighted by molar-refractivity contribution is -0.142. The molecule has 2 aliphatic carbocycles. The average Bonchev–Trinajstić information content (AvgIpc) is 3.41. The van der Waals surface area contributed by atoms with Gasteiger partial charge in [-0.05, 0) is 30.4 Å². The molecule has 2 aromatic rings. The molecule has 6 rings (SSSR count). The molecule has 2 saturated carbocycles. The number of hydrogen-bond donors (Lipinski definition) is 2. The third kappa shape index (κ3) is 2.71. The quantitative estimate of drug-likeness (QED) is 0.368. The number of alkyl halides is 1. The summed E-state index contributed by atoms with van der Waals surface area (Å²) < 4.78 is 1.52. The standard InChI is InChI=1S/C22H21BrN6O3/c1-12(30)18-13-5-6-24-7-14(13)29(27-18)8-17(31)28-11-21-9-22(21,10-21)19(28)20(32)26-16-4-2-3-15(23)25-16/h2-7,15,19,25H,8-11H2,1H3,(H,26,32)/t15?,19-,21?,22?/m1/s1. The maximum Gasteiger partial charge on any atom is 0.248 e. The molecule has 2 N–H and O–H groups in total. The molecular formula is C22H21BrN6O3. The highest BCUT2D eigenvalue weighted by atomic mass is 79.9. The second kappa shape index (κ2) is 6.50. The number of aromatic nitrogens is 3. The zero-order valence-electron chi connectivity index (χ0n) is 17.3. The van der Waals surface area contributed by atoms with Gasteiger partial charge in [-0.15, -0.1) is 0 Å². The van der Waals surface area contributed by atoms with E-state index in [1.165, 1.54) is 11.6 Å². The van der Waals surface area contributed by atoms with Crippen molar-refractivity contribution in [2.75, 3.05) is 6.54 Å². The van der Waals surface area contributed by atoms with Crippen LogP contribution in [0.15, 0.2) is 42.5 Å². The first-order chi connectivity index (χ1) is 15.3. The number of halogens is 1. The minimum absolute atomic E-state index is 0.0431. The number of rotatable bonds is 5. The summed E-state index contributed by atoms with van der Waals surface area (Å²) in [6.07, 6.45) is 10.8. The van der Waals surface area contributed by atoms with Crippen LogP contribution in [-0.2, 0) is 16.1 Å². The molecule has 10 heteroatoms. The van der Waals surface area contributed by atoms with Gasteiger partial charge in [-0.3, -0.25) is 24.0 Å². The predicted octanol–water partition coefficient (Wildman–Crippen LogP) is 1.46. The molecular weight excluding hydrogens is 476 g/mol. The van der Waals surface area contributed by atoms with Crippen molar-refractivity contribution < 1.29 is 14.4 Å². The van der Waals surface area contributed by atoms with E-state index in [0.29, 0.717) is 29.0 Å². The fraction of sp³-hybridized carbons (Fsp3) is 0.409. The zero-order valence-corrected chi connectivity index (χ0v) is 18.9. The summed E-state index contributed by atoms with van der Waals surface area (Å²) in [5, 5.41) is 11.1. The van der Waals surface area contributed by atoms with Crippen LogP contribution in [0.5, 0.6) is 0 Å². The Morgan fingerprint density at radius 1 is 1.34 bits per heavy atom. The Balaban J connectivity index is 1.25. The fourth-order valence-corrected chi connectivity index (χ4v) is 5.98. The van der Waals surface area contributed by atoms with Crippen molar-refractivity contribution in [3.8, 4) is 0 Å². The number of ketones is 1. The number of piperidine rings is 2. The molecule has 2 aliphatic heterocycles. The van der Waals surface area contributed by atoms with Gasteiger partial charge in [0.2, 0.25) is 11.8 Å². The first kappa shape index (κ1) is 19.7. The Morgan fingerprint density at radius 2 is 2.16 bits per heavy atom. The van der Waals surface area contributed by atoms with Crippen LogP contribution >= 0.6 is 15.9 Å². The summed E-state index contributed by atoms with van der Waals surface area (Å²) >= 11 is 3.45. The molecule has 32 heavy (non-hydrogen) atoms. The highest BCUT2D eigenvalue weighted by molar-refractivity contribution is 9.09. The molecule has 2 aromatic heterocycles. The van der Waals surface area contributed by atoms with Crippen LogP contribution in [0.2, 0.25) is 0 Å². The van der Waals surface area contributed by atoms with E-state index < -0.39 is 6.04 Å². The van der Waals surface area contributed by atoms with Crippen LogP contribution in [0.3, 0.4) is 0 Å². The van der Waals surface area contributed by atoms with Crippen LogP contribution in [-0.4, -0.2) is 54.8 Å². The minimum atomic E-state index is -0.496. The number of nitrogens with one attached hydrogen (secondary N) is 2. The molecule has 2 atom stereocenters. The highest BCUT2D eigenvalue weighted by Gasteiger charge is 2.91. The lowest BCUT2D eigenvalue weighted by atomic mass is 10.00. The van der Waals surface area contributed by atoms with Gasteiger partial charge in [0.05, 0.1) is 11.7 Å². The summed E-state index contributed by atoms with van der Waals surface area (Å²) in [6, 6.07) is 1.23. The summed E-state index contributed by atoms with van der Waals surface area (Å²) in [5.41, 5.74) is 0.977. The normalized spacial score (nSPS) is 31.4. The lowest BCUT2D eigenvalue weighted by Gasteiger charge is -2.33. The molecule has 4 heterocycles. The van der Waals surface area contributed by atoms with E-state index in [9.17, 15) is 14.4 Å². The van der Waals surface area contributed by atoms with Crippen molar-refractivity contribution >= 4 is 44.4 Å². The number of nitrogens with zero attached hydrogens (tertiary/aromatic N) is 4. The molecule has 4 aliphatic rings. The molecule has 0 radical (unpaired) electrons. The minimum Gasteiger partial charge on any atom is -0.356 e. The number of likely N-dealkylation sites (tertiary alicyclic amines) is 1. The first-order valence-electron chi connectivity index (χ1n) is 10.5. The number of amides is 2. The highest BCUT2D eigenvalue weighted by Crippen LogP contribution is 2.91. The number of dihydropyridines is 1. The van der Waals surface area contributed by atoms with Gasteiger partial charge in [-0.1, -0.05) is 28.1 Å². The molecule has 1 unspecified atom stereocenters. The number of carbonyl (C=O) groups excluding carboxylic acids is 3. The van der Waals surface area contributed by atoms with E-state index in [2.05, 4.69) is 36.6 Å². The van der Waals surface area contributed by atoms with Crippen LogP contribution in [0.25, 0.3) is 10.9 Å². The fourth-order valence-electron chi connectivity index (χ4n) is 5.55. The molecule has 0 bridgehead atoms. The largest absolute Gasteiger partial charge is 0.356 e. The first-order valence-corrected chi connectivity index (χ1v) is 11.5. The van der Waals surface area contributed by atoms with Gasteiger partial charge in [-0.2, -0.15) is 5.10 Å². The molecule has 3 fully saturated rings. The zero-order chi connectivity index (χ0) is 22.3. The van der Waals surface area contributed by atoms with Crippen LogP contribution < -0.4 is 10.6 Å². The average molecular weight is 497 g/mol. The third-order valence-corrected chi connectivity index (χ3v) is 7.79. The second-order valence-electron chi connectivity index (χ2n) is 9.17. The third-order valence-electron chi connectivity index (χ3n) is 7.26. The van der Waals surface area contributed by atoms with Gasteiger partial charge < -0.3 is 15.5 Å². The van der Waals surface area contributed by atoms with Gasteiger partial charge in [0.15, 0.2) is 5.78 Å². The number of fused-ring (bicyclic) bond motifs is 1. The summed E-state index contributed by atoms with van der Waals surface area (Å²) in [7, 11) is 0. The molecule has 9 nitrogen and oxygen atoms in total. The van der Waals surface area contributed by atoms with E-state index in [-0.39, 0.29) is 39.9 Å². The lowest BCUT2D eigenvalue weighted by Crippen LogP contribution is -2.53. The van der Waals surface area contributed by atoms with E-state index in [0.717, 1.165) is 12.8 Å². The molecule has 2 amide bonds. The van der Waals surface area contributed by atoms with Crippen molar-refractivity contribution in [1.82, 2.24) is 30.3 Å². The smallest absolute Gasteiger partial charge is 0.248 e. The summed E-state index contributed by atoms with van der Waals surface area (Å²) in [4.78, 5) is 44.4. The Kier molecular flexibility index (Phi) is 4.00. The van der Waals surface area contributed by atoms with Crippen molar-refractivity contribution in [3.63, 3.8) is 0 Å². The SMILES string of the molecule is CC(=O)c1nn(CC(=O)N2CC34CC3(C4)[C@H]2C(=O)NC2=CC=CC(Br)N2)c2cnccc12. The molecule has 0 spiro atoms. The molecule has 1 saturated heterocycles. The summed E-state index contributed by atoms with van der Waals surface area (Å²) in [6.45, 7) is 2.00. The molecule has 0 aromatic carbocycles. The van der Waals surface area contributed by atoms with Crippen molar-refractivity contribution in [2.24, 2.45) is 10.8 Å². The van der Waals surface area contributed by atoms with Gasteiger partial charge in [0.25, 0.3) is 0 Å². The Morgan fingerprint density at radius 3 is 2.91 bits per heavy atom. The number of hydrogen-bond acceptors (Lipinski definition) is 6. The van der Waals surface area contributed by atoms with Crippen LogP contribution in [0.1, 0.15) is 30.3 Å². The van der Waals surface area contributed by atoms with Crippen molar-refractivity contribution in [2.45, 2.75) is 37.3 Å². The van der Waals surface area contributed by atoms with Crippen LogP contribution in [0, 0.1) is 10.8 Å². The van der Waals surface area contributed by atoms with Crippen molar-refractivity contribution in [3.05, 3.63) is 48.2 Å². The Labute approximate surface area is 192 Å². The van der Waals surface area contributed by atoms with Gasteiger partial charge in [-0.25, -0.2) is 0 Å². The Bertz CT molecular complexity index is 1260. The summed E-state index contributed by atoms with van der Waals surface area (Å²) in [5.74, 6) is 0.0964. The monoisotopic (exact) mass is 496 g/mol. The Hall–Kier alpha value is -3.01. The van der Waals surface area contributed by atoms with Gasteiger partial charge in [0, 0.05) is 30.5 Å². The molecule has 164 valence electrons. The van der Waals surface area contributed by atoms with Gasteiger partial charge in [0.1, 0.15) is 29.1 Å². The number of carbonyl (C=O) groups is 3. The van der Waals surface area contributed by atoms with Crippen molar-refractivity contribution in [1.29, 1.82) is 0 Å². The van der Waals surface area contributed by atoms with E-state index in [1.807, 2.05) is 12.2 Å². The number of Topliss-reactive ketones (excluding diaryl/α,β-unsaturated/α-hetero) is 1. The van der Waals surface area contributed by atoms with E-state index >= 15 is 0 Å². The second-order valence-corrected chi connectivity index (χ2v) is 10.2. The predicted molar refractivity (Wildman–Crippen MR) is 118 cm³/mol. The van der Waals surface area contributed by atoms with E-state index in [4.69, 9.17) is 0 Å². The number of allylic oxidation sites excluding steroid dienone is 2. The maximum atomic E-state index is 13.4. The van der Waals surface area contributed by atoms with Crippen LogP contribution in [0.4, 0.5) is 0 Å². The topological polar surface area (TPSA) is 109 Å². The number of pyridine rings is 1. The maximum absolute atomic E-state index is 13.4. The van der Waals surface area contributed by atoms with E-state index in [1.54, 1.807) is 29.4 Å². The van der Waals surface area contributed by atoms with Gasteiger partial charge >= 0.3 is 0 Å².